The summed E-state index contributed by atoms with van der Waals surface area (Å²) in [6.07, 6.45) is 4.09. The minimum absolute atomic E-state index is 0.236. The van der Waals surface area contributed by atoms with Gasteiger partial charge in [-0.1, -0.05) is 6.07 Å². The summed E-state index contributed by atoms with van der Waals surface area (Å²) in [7, 11) is 1.60. The molecule has 1 aromatic carbocycles. The molecule has 1 saturated carbocycles. The van der Waals surface area contributed by atoms with Crippen LogP contribution < -0.4 is 10.9 Å². The molecular formula is C19H17BrFN3O2. The fourth-order valence-corrected chi connectivity index (χ4v) is 3.60. The topological polar surface area (TPSA) is 67.2 Å². The number of aromatic nitrogens is 2. The van der Waals surface area contributed by atoms with Gasteiger partial charge in [-0.2, -0.15) is 0 Å². The van der Waals surface area contributed by atoms with Crippen molar-refractivity contribution in [1.29, 1.82) is 0 Å². The van der Waals surface area contributed by atoms with Crippen LogP contribution in [0.3, 0.4) is 0 Å². The monoisotopic (exact) mass is 417 g/mol. The Labute approximate surface area is 157 Å². The summed E-state index contributed by atoms with van der Waals surface area (Å²) >= 11 is 3.17. The van der Waals surface area contributed by atoms with Gasteiger partial charge in [-0.05, 0) is 59.5 Å². The first kappa shape index (κ1) is 17.2. The number of benzene rings is 1. The van der Waals surface area contributed by atoms with Crippen molar-refractivity contribution in [3.63, 3.8) is 0 Å². The SMILES string of the molecule is Cn1c(=O)c(Nc2ccc(C3(O)CCC3)cn2)cc2c(F)c(Br)ccc21. The molecule has 0 amide bonds. The molecule has 2 N–H and O–H groups in total. The second-order valence-corrected chi connectivity index (χ2v) is 7.51. The molecule has 0 aliphatic heterocycles. The third-order valence-electron chi connectivity index (χ3n) is 5.04. The van der Waals surface area contributed by atoms with Crippen molar-refractivity contribution in [3.05, 3.63) is 62.7 Å². The van der Waals surface area contributed by atoms with Crippen LogP contribution in [0.15, 0.2) is 45.8 Å². The number of pyridine rings is 2. The second-order valence-electron chi connectivity index (χ2n) is 6.66. The summed E-state index contributed by atoms with van der Waals surface area (Å²) in [5, 5.41) is 13.7. The van der Waals surface area contributed by atoms with Crippen molar-refractivity contribution >= 4 is 38.3 Å². The van der Waals surface area contributed by atoms with E-state index in [1.807, 2.05) is 0 Å². The fraction of sp³-hybridized carbons (Fsp3) is 0.263. The number of aryl methyl sites for hydroxylation is 1. The van der Waals surface area contributed by atoms with Crippen LogP contribution in [0.4, 0.5) is 15.9 Å². The minimum Gasteiger partial charge on any atom is -0.385 e. The molecule has 0 saturated heterocycles. The normalized spacial score (nSPS) is 15.7. The fourth-order valence-electron chi connectivity index (χ4n) is 3.25. The molecule has 134 valence electrons. The van der Waals surface area contributed by atoms with E-state index in [-0.39, 0.29) is 11.2 Å². The molecule has 0 radical (unpaired) electrons. The Morgan fingerprint density at radius 2 is 2.08 bits per heavy atom. The van der Waals surface area contributed by atoms with Crippen molar-refractivity contribution < 1.29 is 9.50 Å². The molecule has 2 aromatic heterocycles. The van der Waals surface area contributed by atoms with Gasteiger partial charge in [0.1, 0.15) is 17.3 Å². The van der Waals surface area contributed by atoms with E-state index >= 15 is 0 Å². The number of anilines is 2. The predicted molar refractivity (Wildman–Crippen MR) is 102 cm³/mol. The summed E-state index contributed by atoms with van der Waals surface area (Å²) in [6.45, 7) is 0. The Morgan fingerprint density at radius 3 is 2.69 bits per heavy atom. The number of hydrogen-bond acceptors (Lipinski definition) is 4. The first-order chi connectivity index (χ1) is 12.4. The molecule has 0 spiro atoms. The zero-order valence-corrected chi connectivity index (χ0v) is 15.7. The number of halogens is 2. The highest BCUT2D eigenvalue weighted by Crippen LogP contribution is 2.40. The number of nitrogens with zero attached hydrogens (tertiary/aromatic N) is 2. The van der Waals surface area contributed by atoms with Gasteiger partial charge in [-0.3, -0.25) is 4.79 Å². The lowest BCUT2D eigenvalue weighted by molar-refractivity contribution is -0.0390. The Hall–Kier alpha value is -2.25. The molecule has 1 aliphatic rings. The smallest absolute Gasteiger partial charge is 0.274 e. The number of aliphatic hydroxyl groups is 1. The molecule has 3 aromatic rings. The van der Waals surface area contributed by atoms with Gasteiger partial charge in [0.25, 0.3) is 5.56 Å². The maximum atomic E-state index is 14.4. The summed E-state index contributed by atoms with van der Waals surface area (Å²) in [5.74, 6) is 0.0418. The van der Waals surface area contributed by atoms with Gasteiger partial charge < -0.3 is 15.0 Å². The maximum absolute atomic E-state index is 14.4. The lowest BCUT2D eigenvalue weighted by Gasteiger charge is -2.36. The quantitative estimate of drug-likeness (QED) is 0.676. The summed E-state index contributed by atoms with van der Waals surface area (Å²) < 4.78 is 16.2. The highest BCUT2D eigenvalue weighted by Gasteiger charge is 2.36. The first-order valence-corrected chi connectivity index (χ1v) is 9.12. The van der Waals surface area contributed by atoms with Crippen LogP contribution >= 0.6 is 15.9 Å². The molecule has 2 heterocycles. The van der Waals surface area contributed by atoms with Gasteiger partial charge in [-0.25, -0.2) is 9.37 Å². The van der Waals surface area contributed by atoms with Gasteiger partial charge in [0.2, 0.25) is 0 Å². The van der Waals surface area contributed by atoms with Crippen molar-refractivity contribution in [3.8, 4) is 0 Å². The lowest BCUT2D eigenvalue weighted by Crippen LogP contribution is -2.33. The molecular weight excluding hydrogens is 401 g/mol. The average Bonchev–Trinajstić information content (AvgIpc) is 2.61. The average molecular weight is 418 g/mol. The summed E-state index contributed by atoms with van der Waals surface area (Å²) in [5.41, 5.74) is 0.467. The third-order valence-corrected chi connectivity index (χ3v) is 5.65. The van der Waals surface area contributed by atoms with Gasteiger partial charge in [0.05, 0.1) is 15.6 Å². The molecule has 7 heteroatoms. The van der Waals surface area contributed by atoms with E-state index in [0.29, 0.717) is 21.2 Å². The van der Waals surface area contributed by atoms with Crippen LogP contribution in [0.5, 0.6) is 0 Å². The van der Waals surface area contributed by atoms with E-state index < -0.39 is 11.4 Å². The van der Waals surface area contributed by atoms with Crippen LogP contribution in [0.25, 0.3) is 10.9 Å². The summed E-state index contributed by atoms with van der Waals surface area (Å²) in [4.78, 5) is 16.9. The van der Waals surface area contributed by atoms with Crippen molar-refractivity contribution in [2.75, 3.05) is 5.32 Å². The Bertz CT molecular complexity index is 1060. The predicted octanol–water partition coefficient (Wildman–Crippen LogP) is 3.95. The highest BCUT2D eigenvalue weighted by molar-refractivity contribution is 9.10. The maximum Gasteiger partial charge on any atom is 0.274 e. The molecule has 0 atom stereocenters. The van der Waals surface area contributed by atoms with Crippen LogP contribution in [-0.4, -0.2) is 14.7 Å². The first-order valence-electron chi connectivity index (χ1n) is 8.33. The number of rotatable bonds is 3. The van der Waals surface area contributed by atoms with Gasteiger partial charge in [0, 0.05) is 24.2 Å². The Balaban J connectivity index is 1.72. The van der Waals surface area contributed by atoms with E-state index in [2.05, 4.69) is 26.2 Å². The molecule has 26 heavy (non-hydrogen) atoms. The molecule has 4 rings (SSSR count). The van der Waals surface area contributed by atoms with Crippen molar-refractivity contribution in [2.24, 2.45) is 7.05 Å². The Kier molecular flexibility index (Phi) is 4.08. The third kappa shape index (κ3) is 2.71. The van der Waals surface area contributed by atoms with E-state index in [9.17, 15) is 14.3 Å². The standard InChI is InChI=1S/C19H17BrFN3O2/c1-24-15-5-4-13(20)17(21)12(15)9-14(18(24)25)23-16-6-3-11(10-22-16)19(26)7-2-8-19/h3-6,9-10,26H,2,7-8H2,1H3,(H,22,23). The zero-order chi connectivity index (χ0) is 18.5. The van der Waals surface area contributed by atoms with Crippen LogP contribution in [0, 0.1) is 5.82 Å². The molecule has 1 aliphatic carbocycles. The lowest BCUT2D eigenvalue weighted by atomic mass is 9.76. The summed E-state index contributed by atoms with van der Waals surface area (Å²) in [6, 6.07) is 8.28. The van der Waals surface area contributed by atoms with E-state index in [0.717, 1.165) is 24.8 Å². The zero-order valence-electron chi connectivity index (χ0n) is 14.1. The van der Waals surface area contributed by atoms with E-state index in [1.165, 1.54) is 10.6 Å². The number of nitrogens with one attached hydrogen (secondary N) is 1. The second kappa shape index (κ2) is 6.17. The van der Waals surface area contributed by atoms with E-state index in [1.54, 1.807) is 37.5 Å². The van der Waals surface area contributed by atoms with E-state index in [4.69, 9.17) is 0 Å². The van der Waals surface area contributed by atoms with Crippen molar-refractivity contribution in [1.82, 2.24) is 9.55 Å². The van der Waals surface area contributed by atoms with Crippen molar-refractivity contribution in [2.45, 2.75) is 24.9 Å². The minimum atomic E-state index is -0.778. The molecule has 0 unspecified atom stereocenters. The molecule has 1 fully saturated rings. The molecule has 5 nitrogen and oxygen atoms in total. The van der Waals surface area contributed by atoms with Gasteiger partial charge >= 0.3 is 0 Å². The molecule has 0 bridgehead atoms. The Morgan fingerprint density at radius 1 is 1.31 bits per heavy atom. The van der Waals surface area contributed by atoms with Gasteiger partial charge in [0.15, 0.2) is 0 Å². The van der Waals surface area contributed by atoms with Crippen LogP contribution in [0.1, 0.15) is 24.8 Å². The number of fused-ring (bicyclic) bond motifs is 1. The van der Waals surface area contributed by atoms with Crippen LogP contribution in [-0.2, 0) is 12.6 Å². The highest BCUT2D eigenvalue weighted by atomic mass is 79.9. The largest absolute Gasteiger partial charge is 0.385 e. The van der Waals surface area contributed by atoms with Crippen LogP contribution in [0.2, 0.25) is 0 Å². The van der Waals surface area contributed by atoms with Gasteiger partial charge in [-0.15, -0.1) is 0 Å². The number of hydrogen-bond donors (Lipinski definition) is 2.